The second-order valence-corrected chi connectivity index (χ2v) is 8.29. The van der Waals surface area contributed by atoms with Gasteiger partial charge in [0.05, 0.1) is 18.2 Å². The first-order valence-corrected chi connectivity index (χ1v) is 9.40. The number of carbonyl (C=O) groups excluding carboxylic acids is 1. The second-order valence-electron chi connectivity index (χ2n) is 8.29. The summed E-state index contributed by atoms with van der Waals surface area (Å²) in [6.45, 7) is 10.0. The zero-order valence-electron chi connectivity index (χ0n) is 17.0. The average molecular weight is 379 g/mol. The predicted octanol–water partition coefficient (Wildman–Crippen LogP) is 5.47. The molecule has 5 heteroatoms. The lowest BCUT2D eigenvalue weighted by Gasteiger charge is -2.21. The minimum atomic E-state index is -0.344. The van der Waals surface area contributed by atoms with E-state index in [1.807, 2.05) is 39.0 Å². The molecule has 1 heterocycles. The van der Waals surface area contributed by atoms with Gasteiger partial charge in [0.1, 0.15) is 5.82 Å². The molecule has 1 amide bonds. The summed E-state index contributed by atoms with van der Waals surface area (Å²) in [5.74, 6) is -0.434. The Balaban J connectivity index is 2.15. The number of nitrogens with zero attached hydrogens (tertiary/aromatic N) is 2. The van der Waals surface area contributed by atoms with Crippen molar-refractivity contribution in [2.24, 2.45) is 0 Å². The Morgan fingerprint density at radius 2 is 1.68 bits per heavy atom. The Hall–Kier alpha value is -2.95. The van der Waals surface area contributed by atoms with Crippen LogP contribution in [0.25, 0.3) is 22.4 Å². The Labute approximate surface area is 165 Å². The highest BCUT2D eigenvalue weighted by atomic mass is 19.1. The summed E-state index contributed by atoms with van der Waals surface area (Å²) in [7, 11) is 0. The monoisotopic (exact) mass is 379 g/mol. The lowest BCUT2D eigenvalue weighted by molar-refractivity contribution is 0.0919. The van der Waals surface area contributed by atoms with Crippen LogP contribution in [0.3, 0.4) is 0 Å². The first-order valence-electron chi connectivity index (χ1n) is 9.40. The van der Waals surface area contributed by atoms with Crippen molar-refractivity contribution < 1.29 is 9.18 Å². The summed E-state index contributed by atoms with van der Waals surface area (Å²) >= 11 is 0. The van der Waals surface area contributed by atoms with E-state index in [1.165, 1.54) is 12.1 Å². The molecule has 0 saturated heterocycles. The first-order chi connectivity index (χ1) is 13.1. The van der Waals surface area contributed by atoms with Crippen molar-refractivity contribution in [3.63, 3.8) is 0 Å². The molecule has 0 bridgehead atoms. The van der Waals surface area contributed by atoms with Gasteiger partial charge < -0.3 is 9.88 Å². The fraction of sp³-hybridized carbons (Fsp3) is 0.304. The number of amides is 1. The van der Waals surface area contributed by atoms with Gasteiger partial charge in [0.15, 0.2) is 0 Å². The van der Waals surface area contributed by atoms with Gasteiger partial charge in [0.25, 0.3) is 5.91 Å². The fourth-order valence-corrected chi connectivity index (χ4v) is 3.07. The highest BCUT2D eigenvalue weighted by Crippen LogP contribution is 2.30. The normalized spacial score (nSPS) is 11.7. The van der Waals surface area contributed by atoms with Gasteiger partial charge in [0.2, 0.25) is 0 Å². The van der Waals surface area contributed by atoms with Crippen LogP contribution < -0.4 is 5.32 Å². The largest absolute Gasteiger partial charge is 0.347 e. The summed E-state index contributed by atoms with van der Waals surface area (Å²) in [6, 6.07) is 12.3. The molecule has 0 saturated carbocycles. The van der Waals surface area contributed by atoms with Crippen LogP contribution in [0.2, 0.25) is 0 Å². The molecular weight excluding hydrogens is 353 g/mol. The number of halogens is 1. The van der Waals surface area contributed by atoms with Gasteiger partial charge in [0, 0.05) is 22.7 Å². The molecule has 4 nitrogen and oxygen atoms in total. The van der Waals surface area contributed by atoms with Crippen molar-refractivity contribution in [3.05, 3.63) is 66.4 Å². The van der Waals surface area contributed by atoms with Crippen LogP contribution in [-0.4, -0.2) is 21.0 Å². The molecule has 3 aromatic rings. The number of nitrogens with one attached hydrogen (secondary N) is 1. The lowest BCUT2D eigenvalue weighted by Crippen LogP contribution is -2.40. The van der Waals surface area contributed by atoms with E-state index >= 15 is 0 Å². The number of aromatic nitrogens is 2. The third kappa shape index (κ3) is 4.47. The highest BCUT2D eigenvalue weighted by molar-refractivity contribution is 5.97. The van der Waals surface area contributed by atoms with Crippen molar-refractivity contribution in [1.82, 2.24) is 14.9 Å². The summed E-state index contributed by atoms with van der Waals surface area (Å²) in [5, 5.41) is 3.01. The van der Waals surface area contributed by atoms with Gasteiger partial charge >= 0.3 is 0 Å². The predicted molar refractivity (Wildman–Crippen MR) is 111 cm³/mol. The van der Waals surface area contributed by atoms with E-state index in [0.717, 1.165) is 22.4 Å². The van der Waals surface area contributed by atoms with Crippen LogP contribution in [0.1, 0.15) is 51.0 Å². The van der Waals surface area contributed by atoms with E-state index < -0.39 is 0 Å². The van der Waals surface area contributed by atoms with Crippen LogP contribution >= 0.6 is 0 Å². The van der Waals surface area contributed by atoms with Gasteiger partial charge in [-0.3, -0.25) is 4.79 Å². The van der Waals surface area contributed by atoms with Crippen molar-refractivity contribution in [2.75, 3.05) is 0 Å². The molecule has 146 valence electrons. The Kier molecular flexibility index (Phi) is 5.36. The molecule has 0 atom stereocenters. The third-order valence-corrected chi connectivity index (χ3v) is 4.38. The summed E-state index contributed by atoms with van der Waals surface area (Å²) in [5.41, 5.74) is 3.75. The fourth-order valence-electron chi connectivity index (χ4n) is 3.07. The Morgan fingerprint density at radius 3 is 2.29 bits per heavy atom. The van der Waals surface area contributed by atoms with E-state index in [4.69, 9.17) is 0 Å². The quantitative estimate of drug-likeness (QED) is 0.654. The van der Waals surface area contributed by atoms with Crippen molar-refractivity contribution >= 4 is 5.91 Å². The molecule has 0 aliphatic carbocycles. The van der Waals surface area contributed by atoms with Crippen molar-refractivity contribution in [3.8, 4) is 22.4 Å². The number of hydrogen-bond acceptors (Lipinski definition) is 2. The minimum Gasteiger partial charge on any atom is -0.347 e. The van der Waals surface area contributed by atoms with E-state index in [-0.39, 0.29) is 23.3 Å². The van der Waals surface area contributed by atoms with Gasteiger partial charge in [-0.15, -0.1) is 0 Å². The van der Waals surface area contributed by atoms with E-state index in [0.29, 0.717) is 5.56 Å². The highest BCUT2D eigenvalue weighted by Gasteiger charge is 2.18. The maximum Gasteiger partial charge on any atom is 0.251 e. The molecule has 0 aliphatic rings. The Morgan fingerprint density at radius 1 is 1.04 bits per heavy atom. The molecule has 28 heavy (non-hydrogen) atoms. The number of rotatable bonds is 4. The molecule has 0 radical (unpaired) electrons. The van der Waals surface area contributed by atoms with Crippen LogP contribution in [0.15, 0.2) is 55.0 Å². The number of carbonyl (C=O) groups is 1. The molecule has 3 rings (SSSR count). The van der Waals surface area contributed by atoms with Crippen LogP contribution in [0, 0.1) is 5.82 Å². The number of hydrogen-bond donors (Lipinski definition) is 1. The van der Waals surface area contributed by atoms with Gasteiger partial charge in [-0.2, -0.15) is 0 Å². The molecule has 2 aromatic carbocycles. The standard InChI is InChI=1S/C23H26FN3O/c1-15(2)27-14-25-13-21(27)18-10-17(16-6-8-20(24)9-7-16)11-19(12-18)22(28)26-23(3,4)5/h6-15H,1-5H3,(H,26,28). The smallest absolute Gasteiger partial charge is 0.251 e. The number of imidazole rings is 1. The molecule has 0 spiro atoms. The first kappa shape index (κ1) is 19.8. The Bertz CT molecular complexity index is 982. The van der Waals surface area contributed by atoms with E-state index in [1.54, 1.807) is 24.7 Å². The van der Waals surface area contributed by atoms with Crippen molar-refractivity contribution in [1.29, 1.82) is 0 Å². The maximum absolute atomic E-state index is 13.4. The molecule has 1 aromatic heterocycles. The molecule has 1 N–H and O–H groups in total. The summed E-state index contributed by atoms with van der Waals surface area (Å²) in [4.78, 5) is 17.1. The minimum absolute atomic E-state index is 0.145. The van der Waals surface area contributed by atoms with Crippen LogP contribution in [0.4, 0.5) is 4.39 Å². The van der Waals surface area contributed by atoms with E-state index in [2.05, 4.69) is 28.7 Å². The molecule has 0 aliphatic heterocycles. The average Bonchev–Trinajstić information content (AvgIpc) is 3.10. The summed E-state index contributed by atoms with van der Waals surface area (Å²) < 4.78 is 15.4. The zero-order valence-corrected chi connectivity index (χ0v) is 17.0. The lowest BCUT2D eigenvalue weighted by atomic mass is 9.97. The van der Waals surface area contributed by atoms with Crippen LogP contribution in [0.5, 0.6) is 0 Å². The second kappa shape index (κ2) is 7.58. The molecule has 0 unspecified atom stereocenters. The van der Waals surface area contributed by atoms with Gasteiger partial charge in [-0.1, -0.05) is 12.1 Å². The van der Waals surface area contributed by atoms with Crippen LogP contribution in [-0.2, 0) is 0 Å². The van der Waals surface area contributed by atoms with E-state index in [9.17, 15) is 9.18 Å². The molecular formula is C23H26FN3O. The third-order valence-electron chi connectivity index (χ3n) is 4.38. The topological polar surface area (TPSA) is 46.9 Å². The zero-order chi connectivity index (χ0) is 20.5. The SMILES string of the molecule is CC(C)n1cncc1-c1cc(C(=O)NC(C)(C)C)cc(-c2ccc(F)cc2)c1. The maximum atomic E-state index is 13.4. The molecule has 0 fully saturated rings. The van der Waals surface area contributed by atoms with Gasteiger partial charge in [-0.05, 0) is 76.1 Å². The van der Waals surface area contributed by atoms with Crippen molar-refractivity contribution in [2.45, 2.75) is 46.2 Å². The number of benzene rings is 2. The summed E-state index contributed by atoms with van der Waals surface area (Å²) in [6.07, 6.45) is 3.59. The van der Waals surface area contributed by atoms with Gasteiger partial charge in [-0.25, -0.2) is 9.37 Å².